The Morgan fingerprint density at radius 1 is 1.38 bits per heavy atom. The van der Waals surface area contributed by atoms with E-state index in [0.717, 1.165) is 18.6 Å². The van der Waals surface area contributed by atoms with Gasteiger partial charge in [-0.2, -0.15) is 0 Å². The summed E-state index contributed by atoms with van der Waals surface area (Å²) in [5.41, 5.74) is 1.92. The Labute approximate surface area is 158 Å². The van der Waals surface area contributed by atoms with Gasteiger partial charge in [0.05, 0.1) is 0 Å². The smallest absolute Gasteiger partial charge is 0.410 e. The third kappa shape index (κ3) is 4.78. The Hall–Kier alpha value is -2.02. The van der Waals surface area contributed by atoms with Gasteiger partial charge in [-0.25, -0.2) is 4.79 Å². The van der Waals surface area contributed by atoms with Crippen LogP contribution in [-0.2, 0) is 10.5 Å². The fourth-order valence-corrected chi connectivity index (χ4v) is 3.64. The maximum Gasteiger partial charge on any atom is 0.410 e. The van der Waals surface area contributed by atoms with Gasteiger partial charge < -0.3 is 9.15 Å². The van der Waals surface area contributed by atoms with Crippen molar-refractivity contribution in [3.8, 4) is 0 Å². The predicted octanol–water partition coefficient (Wildman–Crippen LogP) is 4.74. The molecule has 1 amide bonds. The average molecular weight is 375 g/mol. The van der Waals surface area contributed by atoms with Gasteiger partial charge in [-0.05, 0) is 46.1 Å². The minimum Gasteiger partial charge on any atom is -0.444 e. The second-order valence-corrected chi connectivity index (χ2v) is 8.44. The lowest BCUT2D eigenvalue weighted by Crippen LogP contribution is -2.36. The van der Waals surface area contributed by atoms with Gasteiger partial charge in [0.1, 0.15) is 11.6 Å². The molecule has 1 atom stereocenters. The number of rotatable bonds is 4. The molecule has 140 valence electrons. The predicted molar refractivity (Wildman–Crippen MR) is 100.0 cm³/mol. The second-order valence-electron chi connectivity index (χ2n) is 7.52. The number of carbonyl (C=O) groups is 1. The van der Waals surface area contributed by atoms with E-state index >= 15 is 0 Å². The van der Waals surface area contributed by atoms with Crippen LogP contribution in [0.4, 0.5) is 4.79 Å². The second kappa shape index (κ2) is 7.70. The van der Waals surface area contributed by atoms with Gasteiger partial charge in [0.2, 0.25) is 5.89 Å². The fourth-order valence-electron chi connectivity index (χ4n) is 2.92. The van der Waals surface area contributed by atoms with Crippen molar-refractivity contribution >= 4 is 17.9 Å². The summed E-state index contributed by atoms with van der Waals surface area (Å²) >= 11 is 1.51. The van der Waals surface area contributed by atoms with Crippen LogP contribution in [0.1, 0.15) is 56.7 Å². The van der Waals surface area contributed by atoms with Crippen LogP contribution in [0.5, 0.6) is 0 Å². The van der Waals surface area contributed by atoms with Crippen molar-refractivity contribution in [3.05, 3.63) is 41.3 Å². The molecule has 0 radical (unpaired) electrons. The molecular formula is C19H25N3O3S. The van der Waals surface area contributed by atoms with Crippen molar-refractivity contribution in [2.24, 2.45) is 0 Å². The summed E-state index contributed by atoms with van der Waals surface area (Å²) in [7, 11) is 0. The van der Waals surface area contributed by atoms with E-state index in [0.29, 0.717) is 17.7 Å². The molecule has 6 nitrogen and oxygen atoms in total. The number of thioether (sulfide) groups is 1. The molecule has 0 N–H and O–H groups in total. The number of amides is 1. The molecule has 0 saturated carbocycles. The van der Waals surface area contributed by atoms with Gasteiger partial charge in [-0.3, -0.25) is 4.90 Å². The van der Waals surface area contributed by atoms with E-state index in [1.165, 1.54) is 22.9 Å². The zero-order valence-corrected chi connectivity index (χ0v) is 16.5. The lowest BCUT2D eigenvalue weighted by Gasteiger charge is -2.27. The standard InChI is InChI=1S/C19H25N3O3S/c1-13-7-5-8-14(11-13)12-26-17-21-20-16(24-17)15-9-6-10-22(15)18(23)25-19(2,3)4/h5,7-8,11,15H,6,9-10,12H2,1-4H3. The van der Waals surface area contributed by atoms with Crippen LogP contribution in [0.25, 0.3) is 0 Å². The lowest BCUT2D eigenvalue weighted by molar-refractivity contribution is 0.0201. The van der Waals surface area contributed by atoms with Crippen LogP contribution in [0, 0.1) is 6.92 Å². The molecule has 0 spiro atoms. The lowest BCUT2D eigenvalue weighted by atomic mass is 10.2. The van der Waals surface area contributed by atoms with Crippen LogP contribution in [0.3, 0.4) is 0 Å². The minimum absolute atomic E-state index is 0.203. The van der Waals surface area contributed by atoms with Crippen LogP contribution < -0.4 is 0 Å². The van der Waals surface area contributed by atoms with Gasteiger partial charge in [0.15, 0.2) is 0 Å². The Bertz CT molecular complexity index is 769. The molecule has 1 aliphatic rings. The van der Waals surface area contributed by atoms with E-state index in [1.54, 1.807) is 4.90 Å². The molecule has 1 aromatic carbocycles. The highest BCUT2D eigenvalue weighted by Gasteiger charge is 2.36. The number of benzene rings is 1. The molecule has 1 unspecified atom stereocenters. The molecule has 3 rings (SSSR count). The van der Waals surface area contributed by atoms with Crippen molar-refractivity contribution in [2.75, 3.05) is 6.54 Å². The number of aromatic nitrogens is 2. The summed E-state index contributed by atoms with van der Waals surface area (Å²) in [5.74, 6) is 1.25. The van der Waals surface area contributed by atoms with E-state index in [4.69, 9.17) is 9.15 Å². The number of nitrogens with zero attached hydrogens (tertiary/aromatic N) is 3. The maximum atomic E-state index is 12.4. The molecule has 2 heterocycles. The molecular weight excluding hydrogens is 350 g/mol. The van der Waals surface area contributed by atoms with E-state index in [9.17, 15) is 4.79 Å². The molecule has 1 saturated heterocycles. The first-order chi connectivity index (χ1) is 12.3. The Morgan fingerprint density at radius 3 is 2.92 bits per heavy atom. The third-order valence-electron chi connectivity index (χ3n) is 4.03. The normalized spacial score (nSPS) is 17.5. The Balaban J connectivity index is 1.63. The number of hydrogen-bond acceptors (Lipinski definition) is 6. The first kappa shape index (κ1) is 18.8. The summed E-state index contributed by atoms with van der Waals surface area (Å²) in [5, 5.41) is 8.83. The fraction of sp³-hybridized carbons (Fsp3) is 0.526. The number of carbonyl (C=O) groups excluding carboxylic acids is 1. The van der Waals surface area contributed by atoms with Gasteiger partial charge >= 0.3 is 6.09 Å². The molecule has 1 aromatic heterocycles. The molecule has 7 heteroatoms. The average Bonchev–Trinajstić information content (AvgIpc) is 3.20. The zero-order valence-electron chi connectivity index (χ0n) is 15.7. The molecule has 1 aliphatic heterocycles. The largest absolute Gasteiger partial charge is 0.444 e. The Morgan fingerprint density at radius 2 is 2.19 bits per heavy atom. The van der Waals surface area contributed by atoms with E-state index in [2.05, 4.69) is 35.3 Å². The van der Waals surface area contributed by atoms with Crippen LogP contribution in [0.15, 0.2) is 33.9 Å². The number of hydrogen-bond donors (Lipinski definition) is 0. The summed E-state index contributed by atoms with van der Waals surface area (Å²) < 4.78 is 11.3. The quantitative estimate of drug-likeness (QED) is 0.719. The highest BCUT2D eigenvalue weighted by molar-refractivity contribution is 7.98. The van der Waals surface area contributed by atoms with Gasteiger partial charge in [-0.15, -0.1) is 10.2 Å². The number of likely N-dealkylation sites (tertiary alicyclic amines) is 1. The molecule has 0 aliphatic carbocycles. The molecule has 26 heavy (non-hydrogen) atoms. The topological polar surface area (TPSA) is 68.5 Å². The van der Waals surface area contributed by atoms with E-state index in [-0.39, 0.29) is 12.1 Å². The molecule has 0 bridgehead atoms. The minimum atomic E-state index is -0.520. The van der Waals surface area contributed by atoms with Crippen LogP contribution >= 0.6 is 11.8 Å². The van der Waals surface area contributed by atoms with Crippen molar-refractivity contribution in [2.45, 2.75) is 63.2 Å². The first-order valence-electron chi connectivity index (χ1n) is 8.83. The van der Waals surface area contributed by atoms with Crippen LogP contribution in [-0.4, -0.2) is 33.3 Å². The SMILES string of the molecule is Cc1cccc(CSc2nnc(C3CCCN3C(=O)OC(C)(C)C)o2)c1. The summed E-state index contributed by atoms with van der Waals surface area (Å²) in [6.07, 6.45) is 1.38. The van der Waals surface area contributed by atoms with E-state index < -0.39 is 5.60 Å². The third-order valence-corrected chi connectivity index (χ3v) is 4.92. The maximum absolute atomic E-state index is 12.4. The van der Waals surface area contributed by atoms with Gasteiger partial charge in [0, 0.05) is 12.3 Å². The number of ether oxygens (including phenoxy) is 1. The van der Waals surface area contributed by atoms with Crippen molar-refractivity contribution in [1.82, 2.24) is 15.1 Å². The van der Waals surface area contributed by atoms with Crippen molar-refractivity contribution in [1.29, 1.82) is 0 Å². The zero-order chi connectivity index (χ0) is 18.7. The highest BCUT2D eigenvalue weighted by atomic mass is 32.2. The van der Waals surface area contributed by atoms with Gasteiger partial charge in [-0.1, -0.05) is 41.6 Å². The number of aryl methyl sites for hydroxylation is 1. The summed E-state index contributed by atoms with van der Waals surface area (Å²) in [6, 6.07) is 8.14. The van der Waals surface area contributed by atoms with E-state index in [1.807, 2.05) is 26.8 Å². The first-order valence-corrected chi connectivity index (χ1v) is 9.82. The van der Waals surface area contributed by atoms with Crippen molar-refractivity contribution < 1.29 is 13.9 Å². The van der Waals surface area contributed by atoms with Crippen molar-refractivity contribution in [3.63, 3.8) is 0 Å². The highest BCUT2D eigenvalue weighted by Crippen LogP contribution is 2.34. The monoisotopic (exact) mass is 375 g/mol. The van der Waals surface area contributed by atoms with Gasteiger partial charge in [0.25, 0.3) is 5.22 Å². The van der Waals surface area contributed by atoms with Crippen LogP contribution in [0.2, 0.25) is 0 Å². The molecule has 2 aromatic rings. The summed E-state index contributed by atoms with van der Waals surface area (Å²) in [6.45, 7) is 8.31. The summed E-state index contributed by atoms with van der Waals surface area (Å²) in [4.78, 5) is 14.1. The molecule has 1 fully saturated rings. The Kier molecular flexibility index (Phi) is 5.55.